The minimum absolute atomic E-state index is 0.280. The minimum Gasteiger partial charge on any atom is -0.388 e. The van der Waals surface area contributed by atoms with Crippen molar-refractivity contribution in [2.24, 2.45) is 35.0 Å². The molecule has 27 heavy (non-hydrogen) atoms. The molecule has 4 rings (SSSR count). The summed E-state index contributed by atoms with van der Waals surface area (Å²) in [4.78, 5) is 0. The molecule has 0 radical (unpaired) electrons. The van der Waals surface area contributed by atoms with Crippen molar-refractivity contribution in [3.63, 3.8) is 0 Å². The van der Waals surface area contributed by atoms with Gasteiger partial charge in [0, 0.05) is 0 Å². The zero-order valence-electron chi connectivity index (χ0n) is 17.3. The highest BCUT2D eigenvalue weighted by Gasteiger charge is 2.48. The average Bonchev–Trinajstić information content (AvgIpc) is 2.68. The molecule has 3 aliphatic rings. The van der Waals surface area contributed by atoms with E-state index in [2.05, 4.69) is 57.7 Å². The van der Waals surface area contributed by atoms with Crippen LogP contribution < -0.4 is 0 Å². The average molecular weight is 365 g/mol. The number of aliphatic hydroxyl groups is 1. The Bertz CT molecular complexity index is 717. The van der Waals surface area contributed by atoms with Gasteiger partial charge < -0.3 is 5.11 Å². The van der Waals surface area contributed by atoms with Gasteiger partial charge in [0.25, 0.3) is 0 Å². The van der Waals surface area contributed by atoms with Crippen LogP contribution in [-0.2, 0) is 0 Å². The first-order chi connectivity index (χ1) is 12.9. The summed E-state index contributed by atoms with van der Waals surface area (Å²) in [7, 11) is 0. The van der Waals surface area contributed by atoms with Crippen molar-refractivity contribution in [3.05, 3.63) is 59.7 Å². The van der Waals surface area contributed by atoms with E-state index in [0.717, 1.165) is 23.8 Å². The standard InChI is InChI=1S/C26H36O/c1-17(2)26(4)15-14-21-20(16-26)11-13-22-23(12-10-18(3)24(21)22)25(27)19-8-6-5-7-9-19/h5-9,14,18,20,22-25,27H,1,10-13,15-16H2,2-4H3/t18?,20?,22?,23-,24+,25+,26+/m0/s1. The third-order valence-corrected chi connectivity index (χ3v) is 8.35. The van der Waals surface area contributed by atoms with Gasteiger partial charge in [-0.2, -0.15) is 0 Å². The fourth-order valence-electron chi connectivity index (χ4n) is 6.47. The van der Waals surface area contributed by atoms with Crippen LogP contribution in [-0.4, -0.2) is 5.11 Å². The number of allylic oxidation sites excluding steroid dienone is 3. The molecule has 1 aromatic rings. The van der Waals surface area contributed by atoms with Crippen molar-refractivity contribution in [1.29, 1.82) is 0 Å². The Hall–Kier alpha value is -1.34. The summed E-state index contributed by atoms with van der Waals surface area (Å²) < 4.78 is 0. The van der Waals surface area contributed by atoms with Crippen molar-refractivity contribution in [1.82, 2.24) is 0 Å². The first kappa shape index (κ1) is 19.0. The Kier molecular flexibility index (Phi) is 5.10. The van der Waals surface area contributed by atoms with E-state index in [-0.39, 0.29) is 11.5 Å². The molecule has 3 aliphatic carbocycles. The van der Waals surface area contributed by atoms with Crippen LogP contribution in [0.1, 0.15) is 71.0 Å². The topological polar surface area (TPSA) is 20.2 Å². The fraction of sp³-hybridized carbons (Fsp3) is 0.615. The molecular formula is C26H36O. The van der Waals surface area contributed by atoms with Gasteiger partial charge in [0.2, 0.25) is 0 Å². The number of fused-ring (bicyclic) bond motifs is 3. The van der Waals surface area contributed by atoms with Gasteiger partial charge in [-0.25, -0.2) is 0 Å². The number of hydrogen-bond acceptors (Lipinski definition) is 1. The predicted molar refractivity (Wildman–Crippen MR) is 113 cm³/mol. The van der Waals surface area contributed by atoms with E-state index >= 15 is 0 Å². The zero-order chi connectivity index (χ0) is 19.2. The number of hydrogen-bond donors (Lipinski definition) is 1. The molecule has 7 atom stereocenters. The van der Waals surface area contributed by atoms with Gasteiger partial charge >= 0.3 is 0 Å². The van der Waals surface area contributed by atoms with Gasteiger partial charge in [-0.05, 0) is 86.0 Å². The van der Waals surface area contributed by atoms with E-state index in [0.29, 0.717) is 17.8 Å². The Morgan fingerprint density at radius 2 is 1.89 bits per heavy atom. The van der Waals surface area contributed by atoms with Crippen molar-refractivity contribution in [2.75, 3.05) is 0 Å². The summed E-state index contributed by atoms with van der Waals surface area (Å²) in [6.07, 6.45) is 9.68. The number of rotatable bonds is 3. The molecule has 0 bridgehead atoms. The van der Waals surface area contributed by atoms with Crippen molar-refractivity contribution in [2.45, 2.75) is 65.4 Å². The highest BCUT2D eigenvalue weighted by atomic mass is 16.3. The lowest BCUT2D eigenvalue weighted by Gasteiger charge is -2.53. The quantitative estimate of drug-likeness (QED) is 0.591. The van der Waals surface area contributed by atoms with Gasteiger partial charge in [-0.15, -0.1) is 0 Å². The third kappa shape index (κ3) is 3.33. The molecule has 1 heteroatoms. The summed E-state index contributed by atoms with van der Waals surface area (Å²) >= 11 is 0. The predicted octanol–water partition coefficient (Wildman–Crippen LogP) is 6.71. The molecule has 2 saturated carbocycles. The Balaban J connectivity index is 1.61. The minimum atomic E-state index is -0.312. The van der Waals surface area contributed by atoms with Gasteiger partial charge in [0.1, 0.15) is 0 Å². The maximum atomic E-state index is 11.2. The lowest BCUT2D eigenvalue weighted by Crippen LogP contribution is -2.44. The van der Waals surface area contributed by atoms with Crippen molar-refractivity contribution < 1.29 is 5.11 Å². The first-order valence-electron chi connectivity index (χ1n) is 11.0. The van der Waals surface area contributed by atoms with Gasteiger partial charge in [-0.3, -0.25) is 0 Å². The van der Waals surface area contributed by atoms with Crippen LogP contribution in [0.4, 0.5) is 0 Å². The van der Waals surface area contributed by atoms with Crippen LogP contribution in [0.3, 0.4) is 0 Å². The zero-order valence-corrected chi connectivity index (χ0v) is 17.3. The summed E-state index contributed by atoms with van der Waals surface area (Å²) in [5.41, 5.74) is 4.46. The molecular weight excluding hydrogens is 328 g/mol. The van der Waals surface area contributed by atoms with Crippen LogP contribution in [0.15, 0.2) is 54.1 Å². The lowest BCUT2D eigenvalue weighted by molar-refractivity contribution is -0.0128. The number of aliphatic hydroxyl groups excluding tert-OH is 1. The Labute approximate surface area is 165 Å². The highest BCUT2D eigenvalue weighted by Crippen LogP contribution is 2.58. The maximum Gasteiger partial charge on any atom is 0.0821 e. The molecule has 1 nitrogen and oxygen atoms in total. The second kappa shape index (κ2) is 7.24. The van der Waals surface area contributed by atoms with Gasteiger partial charge in [0.15, 0.2) is 0 Å². The SMILES string of the molecule is C=C(C)[C@]1(C)CC=C2C(CCC3[C@@H]2C(C)CC[C@@H]3[C@H](O)c2ccccc2)C1. The molecule has 1 aromatic carbocycles. The fourth-order valence-corrected chi connectivity index (χ4v) is 6.47. The van der Waals surface area contributed by atoms with Crippen LogP contribution in [0.25, 0.3) is 0 Å². The molecule has 3 unspecified atom stereocenters. The maximum absolute atomic E-state index is 11.2. The van der Waals surface area contributed by atoms with E-state index < -0.39 is 0 Å². The van der Waals surface area contributed by atoms with Crippen LogP contribution >= 0.6 is 0 Å². The lowest BCUT2D eigenvalue weighted by atomic mass is 9.52. The van der Waals surface area contributed by atoms with E-state index in [1.807, 2.05) is 6.07 Å². The second-order valence-corrected chi connectivity index (χ2v) is 9.99. The molecule has 0 heterocycles. The van der Waals surface area contributed by atoms with Crippen molar-refractivity contribution in [3.8, 4) is 0 Å². The normalized spacial score (nSPS) is 39.7. The van der Waals surface area contributed by atoms with Crippen LogP contribution in [0.2, 0.25) is 0 Å². The Morgan fingerprint density at radius 1 is 1.15 bits per heavy atom. The van der Waals surface area contributed by atoms with Crippen LogP contribution in [0, 0.1) is 35.0 Å². The smallest absolute Gasteiger partial charge is 0.0821 e. The largest absolute Gasteiger partial charge is 0.388 e. The molecule has 2 fully saturated rings. The van der Waals surface area contributed by atoms with E-state index in [4.69, 9.17) is 0 Å². The monoisotopic (exact) mass is 364 g/mol. The van der Waals surface area contributed by atoms with E-state index in [1.54, 1.807) is 5.57 Å². The summed E-state index contributed by atoms with van der Waals surface area (Å²) in [6, 6.07) is 10.3. The molecule has 1 N–H and O–H groups in total. The third-order valence-electron chi connectivity index (χ3n) is 8.35. The molecule has 146 valence electrons. The molecule has 0 saturated heterocycles. The summed E-state index contributed by atoms with van der Waals surface area (Å²) in [6.45, 7) is 11.4. The summed E-state index contributed by atoms with van der Waals surface area (Å²) in [5.74, 6) is 3.20. The van der Waals surface area contributed by atoms with Crippen molar-refractivity contribution >= 4 is 0 Å². The molecule has 0 amide bonds. The van der Waals surface area contributed by atoms with E-state index in [9.17, 15) is 5.11 Å². The number of benzene rings is 1. The second-order valence-electron chi connectivity index (χ2n) is 9.99. The molecule has 0 spiro atoms. The molecule has 0 aromatic heterocycles. The van der Waals surface area contributed by atoms with Gasteiger partial charge in [-0.1, -0.05) is 68.0 Å². The van der Waals surface area contributed by atoms with E-state index in [1.165, 1.54) is 37.7 Å². The Morgan fingerprint density at radius 3 is 2.59 bits per heavy atom. The highest BCUT2D eigenvalue weighted by molar-refractivity contribution is 5.27. The van der Waals surface area contributed by atoms with Gasteiger partial charge in [0.05, 0.1) is 6.10 Å². The van der Waals surface area contributed by atoms with Crippen LogP contribution in [0.5, 0.6) is 0 Å². The molecule has 0 aliphatic heterocycles. The first-order valence-corrected chi connectivity index (χ1v) is 11.0. The summed E-state index contributed by atoms with van der Waals surface area (Å²) in [5, 5.41) is 11.2.